The Morgan fingerprint density at radius 2 is 2.00 bits per heavy atom. The van der Waals surface area contributed by atoms with E-state index in [1.807, 2.05) is 24.3 Å². The van der Waals surface area contributed by atoms with Crippen molar-refractivity contribution in [2.45, 2.75) is 6.54 Å². The van der Waals surface area contributed by atoms with Crippen LogP contribution in [0.3, 0.4) is 0 Å². The Morgan fingerprint density at radius 1 is 1.13 bits per heavy atom. The van der Waals surface area contributed by atoms with Crippen LogP contribution in [0.25, 0.3) is 22.1 Å². The van der Waals surface area contributed by atoms with Gasteiger partial charge in [0.05, 0.1) is 0 Å². The molecule has 4 nitrogen and oxygen atoms in total. The van der Waals surface area contributed by atoms with Crippen molar-refractivity contribution in [2.75, 3.05) is 5.32 Å². The second-order valence-electron chi connectivity index (χ2n) is 5.09. The lowest BCUT2D eigenvalue weighted by molar-refractivity contribution is 0.611. The number of benzene rings is 2. The molecule has 0 spiro atoms. The van der Waals surface area contributed by atoms with Crippen LogP contribution in [0.15, 0.2) is 57.7 Å². The van der Waals surface area contributed by atoms with E-state index in [4.69, 9.17) is 4.42 Å². The summed E-state index contributed by atoms with van der Waals surface area (Å²) < 4.78 is 20.4. The summed E-state index contributed by atoms with van der Waals surface area (Å²) in [6, 6.07) is 12.6. The van der Waals surface area contributed by atoms with Crippen LogP contribution >= 0.6 is 15.9 Å². The van der Waals surface area contributed by atoms with E-state index in [2.05, 4.69) is 31.2 Å². The van der Waals surface area contributed by atoms with Crippen molar-refractivity contribution >= 4 is 43.8 Å². The number of para-hydroxylation sites is 1. The molecule has 2 aromatic heterocycles. The molecule has 0 radical (unpaired) electrons. The molecule has 23 heavy (non-hydrogen) atoms. The number of hydrogen-bond donors (Lipinski definition) is 1. The van der Waals surface area contributed by atoms with Gasteiger partial charge in [0.15, 0.2) is 11.4 Å². The van der Waals surface area contributed by atoms with E-state index in [1.165, 1.54) is 12.4 Å². The zero-order valence-corrected chi connectivity index (χ0v) is 13.5. The third-order valence-corrected chi connectivity index (χ3v) is 4.11. The van der Waals surface area contributed by atoms with Crippen LogP contribution in [0.1, 0.15) is 5.56 Å². The number of nitrogens with one attached hydrogen (secondary N) is 1. The number of furan rings is 1. The first-order valence-corrected chi connectivity index (χ1v) is 7.82. The molecule has 1 N–H and O–H groups in total. The van der Waals surface area contributed by atoms with Gasteiger partial charge in [0.2, 0.25) is 0 Å². The van der Waals surface area contributed by atoms with Crippen molar-refractivity contribution in [2.24, 2.45) is 0 Å². The van der Waals surface area contributed by atoms with Gasteiger partial charge < -0.3 is 9.73 Å². The molecule has 2 aromatic carbocycles. The monoisotopic (exact) mass is 371 g/mol. The molecule has 0 amide bonds. The number of hydrogen-bond acceptors (Lipinski definition) is 4. The number of anilines is 1. The Bertz CT molecular complexity index is 1020. The number of nitrogens with zero attached hydrogens (tertiary/aromatic N) is 2. The molecule has 4 aromatic rings. The molecule has 0 atom stereocenters. The molecule has 0 unspecified atom stereocenters. The smallest absolute Gasteiger partial charge is 0.196 e. The molecule has 0 aliphatic rings. The molecule has 0 fully saturated rings. The molecule has 2 heterocycles. The quantitative estimate of drug-likeness (QED) is 0.556. The molecule has 114 valence electrons. The van der Waals surface area contributed by atoms with Crippen LogP contribution in [-0.2, 0) is 6.54 Å². The van der Waals surface area contributed by atoms with Gasteiger partial charge in [-0.15, -0.1) is 0 Å². The fourth-order valence-electron chi connectivity index (χ4n) is 2.49. The van der Waals surface area contributed by atoms with Gasteiger partial charge in [-0.05, 0) is 24.3 Å². The number of halogens is 2. The predicted octanol–water partition coefficient (Wildman–Crippen LogP) is 4.89. The summed E-state index contributed by atoms with van der Waals surface area (Å²) in [5, 5.41) is 4.06. The number of rotatable bonds is 3. The summed E-state index contributed by atoms with van der Waals surface area (Å²) in [5.41, 5.74) is 2.62. The molecule has 0 saturated carbocycles. The Hall–Kier alpha value is -2.47. The summed E-state index contributed by atoms with van der Waals surface area (Å²) in [5.74, 6) is 0.273. The third kappa shape index (κ3) is 2.55. The Kier molecular flexibility index (Phi) is 3.46. The van der Waals surface area contributed by atoms with Crippen molar-refractivity contribution in [3.63, 3.8) is 0 Å². The summed E-state index contributed by atoms with van der Waals surface area (Å²) in [4.78, 5) is 8.51. The van der Waals surface area contributed by atoms with Gasteiger partial charge in [-0.25, -0.2) is 14.4 Å². The van der Waals surface area contributed by atoms with Gasteiger partial charge >= 0.3 is 0 Å². The van der Waals surface area contributed by atoms with Crippen molar-refractivity contribution < 1.29 is 8.81 Å². The molecule has 6 heteroatoms. The van der Waals surface area contributed by atoms with Crippen molar-refractivity contribution in [1.29, 1.82) is 0 Å². The first-order valence-electron chi connectivity index (χ1n) is 7.02. The van der Waals surface area contributed by atoms with Gasteiger partial charge in [-0.1, -0.05) is 34.1 Å². The maximum atomic E-state index is 13.9. The number of fused-ring (bicyclic) bond motifs is 3. The van der Waals surface area contributed by atoms with Gasteiger partial charge in [0.1, 0.15) is 23.2 Å². The predicted molar refractivity (Wildman–Crippen MR) is 90.7 cm³/mol. The number of aromatic nitrogens is 2. The van der Waals surface area contributed by atoms with Gasteiger partial charge in [0, 0.05) is 22.0 Å². The van der Waals surface area contributed by atoms with E-state index < -0.39 is 0 Å². The van der Waals surface area contributed by atoms with E-state index in [-0.39, 0.29) is 5.82 Å². The summed E-state index contributed by atoms with van der Waals surface area (Å²) in [6.07, 6.45) is 1.48. The third-order valence-electron chi connectivity index (χ3n) is 3.62. The fourth-order valence-corrected chi connectivity index (χ4v) is 2.83. The molecule has 0 aliphatic carbocycles. The molecule has 0 aliphatic heterocycles. The first kappa shape index (κ1) is 14.1. The van der Waals surface area contributed by atoms with E-state index >= 15 is 0 Å². The normalized spacial score (nSPS) is 11.2. The average molecular weight is 372 g/mol. The van der Waals surface area contributed by atoms with Crippen LogP contribution in [0.2, 0.25) is 0 Å². The van der Waals surface area contributed by atoms with Crippen LogP contribution in [0, 0.1) is 5.82 Å². The second kappa shape index (κ2) is 5.62. The van der Waals surface area contributed by atoms with E-state index in [0.717, 1.165) is 16.5 Å². The lowest BCUT2D eigenvalue weighted by atomic mass is 10.2. The zero-order chi connectivity index (χ0) is 15.8. The maximum Gasteiger partial charge on any atom is 0.196 e. The average Bonchev–Trinajstić information content (AvgIpc) is 2.93. The highest BCUT2D eigenvalue weighted by Gasteiger charge is 2.13. The highest BCUT2D eigenvalue weighted by atomic mass is 79.9. The lowest BCUT2D eigenvalue weighted by Gasteiger charge is -2.07. The van der Waals surface area contributed by atoms with Gasteiger partial charge in [0.25, 0.3) is 0 Å². The Balaban J connectivity index is 1.71. The molecular formula is C17H11BrFN3O. The lowest BCUT2D eigenvalue weighted by Crippen LogP contribution is -2.03. The van der Waals surface area contributed by atoms with Crippen LogP contribution in [0.4, 0.5) is 10.2 Å². The first-order chi connectivity index (χ1) is 11.2. The van der Waals surface area contributed by atoms with E-state index in [9.17, 15) is 4.39 Å². The van der Waals surface area contributed by atoms with E-state index in [0.29, 0.717) is 28.0 Å². The minimum absolute atomic E-state index is 0.276. The fraction of sp³-hybridized carbons (Fsp3) is 0.0588. The van der Waals surface area contributed by atoms with Crippen molar-refractivity contribution in [1.82, 2.24) is 9.97 Å². The molecule has 0 bridgehead atoms. The molecule has 4 rings (SSSR count). The second-order valence-corrected chi connectivity index (χ2v) is 6.00. The topological polar surface area (TPSA) is 51.0 Å². The van der Waals surface area contributed by atoms with Crippen molar-refractivity contribution in [3.8, 4) is 0 Å². The maximum absolute atomic E-state index is 13.9. The van der Waals surface area contributed by atoms with Gasteiger partial charge in [-0.2, -0.15) is 0 Å². The highest BCUT2D eigenvalue weighted by molar-refractivity contribution is 9.10. The largest absolute Gasteiger partial charge is 0.450 e. The standard InChI is InChI=1S/C17H11BrFN3O/c18-11-6-5-10(13(19)7-11)8-20-17-16-15(21-9-22-17)12-3-1-2-4-14(12)23-16/h1-7,9H,8H2,(H,20,21,22). The van der Waals surface area contributed by atoms with Crippen LogP contribution in [0.5, 0.6) is 0 Å². The summed E-state index contributed by atoms with van der Waals surface area (Å²) >= 11 is 3.25. The highest BCUT2D eigenvalue weighted by Crippen LogP contribution is 2.30. The van der Waals surface area contributed by atoms with Crippen molar-refractivity contribution in [3.05, 3.63) is 64.6 Å². The minimum Gasteiger partial charge on any atom is -0.450 e. The molecular weight excluding hydrogens is 361 g/mol. The minimum atomic E-state index is -0.276. The SMILES string of the molecule is Fc1cc(Br)ccc1CNc1ncnc2c1oc1ccccc12. The Labute approximate surface area is 139 Å². The summed E-state index contributed by atoms with van der Waals surface area (Å²) in [6.45, 7) is 0.308. The van der Waals surface area contributed by atoms with Crippen LogP contribution in [-0.4, -0.2) is 9.97 Å². The van der Waals surface area contributed by atoms with Crippen LogP contribution < -0.4 is 5.32 Å². The van der Waals surface area contributed by atoms with E-state index in [1.54, 1.807) is 12.1 Å². The Morgan fingerprint density at radius 3 is 2.87 bits per heavy atom. The summed E-state index contributed by atoms with van der Waals surface area (Å²) in [7, 11) is 0. The zero-order valence-electron chi connectivity index (χ0n) is 11.9. The van der Waals surface area contributed by atoms with Gasteiger partial charge in [-0.3, -0.25) is 0 Å². The molecule has 0 saturated heterocycles.